The lowest BCUT2D eigenvalue weighted by Crippen LogP contribution is -2.35. The maximum Gasteiger partial charge on any atom is 0.414 e. The molecule has 0 radical (unpaired) electrons. The van der Waals surface area contributed by atoms with Crippen molar-refractivity contribution < 1.29 is 14.3 Å². The molecule has 2 N–H and O–H groups in total. The predicted octanol–water partition coefficient (Wildman–Crippen LogP) is 1.33. The first kappa shape index (κ1) is 12.9. The van der Waals surface area contributed by atoms with Gasteiger partial charge in [0.25, 0.3) is 0 Å². The molecular weight excluding hydrogens is 258 g/mol. The van der Waals surface area contributed by atoms with E-state index in [-0.39, 0.29) is 18.0 Å². The molecule has 3 rings (SSSR count). The second kappa shape index (κ2) is 5.50. The molecule has 6 heteroatoms. The van der Waals surface area contributed by atoms with E-state index in [1.165, 1.54) is 0 Å². The van der Waals surface area contributed by atoms with Crippen LogP contribution in [0, 0.1) is 0 Å². The molecule has 2 heterocycles. The van der Waals surface area contributed by atoms with Crippen LogP contribution in [0.25, 0.3) is 0 Å². The third kappa shape index (κ3) is 2.60. The van der Waals surface area contributed by atoms with Gasteiger partial charge in [0, 0.05) is 11.4 Å². The van der Waals surface area contributed by atoms with Crippen molar-refractivity contribution in [1.82, 2.24) is 5.32 Å². The molecule has 2 saturated heterocycles. The summed E-state index contributed by atoms with van der Waals surface area (Å²) >= 11 is 0. The first-order chi connectivity index (χ1) is 9.74. The highest BCUT2D eigenvalue weighted by molar-refractivity contribution is 5.96. The lowest BCUT2D eigenvalue weighted by atomic mass is 10.2. The van der Waals surface area contributed by atoms with Crippen molar-refractivity contribution in [1.29, 1.82) is 0 Å². The number of amides is 2. The largest absolute Gasteiger partial charge is 0.447 e. The van der Waals surface area contributed by atoms with Gasteiger partial charge in [0.1, 0.15) is 6.61 Å². The van der Waals surface area contributed by atoms with E-state index >= 15 is 0 Å². The minimum Gasteiger partial charge on any atom is -0.447 e. The molecule has 2 aliphatic heterocycles. The summed E-state index contributed by atoms with van der Waals surface area (Å²) in [5, 5.41) is 6.04. The Hall–Kier alpha value is -2.08. The summed E-state index contributed by atoms with van der Waals surface area (Å²) in [6.07, 6.45) is 1.55. The number of nitrogens with zero attached hydrogens (tertiary/aromatic N) is 1. The Kier molecular flexibility index (Phi) is 3.56. The van der Waals surface area contributed by atoms with Gasteiger partial charge in [0.2, 0.25) is 5.91 Å². The van der Waals surface area contributed by atoms with Crippen LogP contribution < -0.4 is 15.5 Å². The molecule has 0 aromatic heterocycles. The van der Waals surface area contributed by atoms with E-state index in [4.69, 9.17) is 4.74 Å². The van der Waals surface area contributed by atoms with Gasteiger partial charge < -0.3 is 15.4 Å². The summed E-state index contributed by atoms with van der Waals surface area (Å²) in [5.41, 5.74) is 1.44. The van der Waals surface area contributed by atoms with E-state index in [1.807, 2.05) is 18.2 Å². The van der Waals surface area contributed by atoms with Crippen LogP contribution in [0.2, 0.25) is 0 Å². The fraction of sp³-hybridized carbons (Fsp3) is 0.429. The average Bonchev–Trinajstić information content (AvgIpc) is 3.10. The number of hydrogen-bond donors (Lipinski definition) is 2. The molecule has 20 heavy (non-hydrogen) atoms. The van der Waals surface area contributed by atoms with Crippen LogP contribution in [0.4, 0.5) is 16.2 Å². The Balaban J connectivity index is 1.70. The van der Waals surface area contributed by atoms with E-state index in [9.17, 15) is 9.59 Å². The molecule has 1 aromatic rings. The van der Waals surface area contributed by atoms with Crippen molar-refractivity contribution in [3.8, 4) is 0 Å². The quantitative estimate of drug-likeness (QED) is 0.873. The summed E-state index contributed by atoms with van der Waals surface area (Å²) in [6, 6.07) is 7.14. The number of ether oxygens (including phenoxy) is 1. The van der Waals surface area contributed by atoms with Gasteiger partial charge >= 0.3 is 6.09 Å². The predicted molar refractivity (Wildman–Crippen MR) is 74.8 cm³/mol. The first-order valence-electron chi connectivity index (χ1n) is 6.83. The van der Waals surface area contributed by atoms with E-state index < -0.39 is 0 Å². The Morgan fingerprint density at radius 1 is 1.45 bits per heavy atom. The highest BCUT2D eigenvalue weighted by atomic mass is 16.6. The minimum atomic E-state index is -0.342. The lowest BCUT2D eigenvalue weighted by molar-refractivity contribution is -0.117. The standard InChI is InChI=1S/C14H17N3O3/c18-13(12-5-2-6-15-12)16-10-3-1-4-11(9-10)17-7-8-20-14(17)19/h1,3-4,9,12,15H,2,5-8H2,(H,16,18). The number of benzene rings is 1. The Bertz CT molecular complexity index is 526. The normalized spacial score (nSPS) is 21.9. The second-order valence-corrected chi connectivity index (χ2v) is 4.95. The van der Waals surface area contributed by atoms with Crippen molar-refractivity contribution in [2.24, 2.45) is 0 Å². The topological polar surface area (TPSA) is 70.7 Å². The van der Waals surface area contributed by atoms with Crippen molar-refractivity contribution in [2.45, 2.75) is 18.9 Å². The third-order valence-electron chi connectivity index (χ3n) is 3.56. The summed E-state index contributed by atoms with van der Waals surface area (Å²) in [7, 11) is 0. The maximum absolute atomic E-state index is 12.0. The Morgan fingerprint density at radius 3 is 3.05 bits per heavy atom. The molecular formula is C14H17N3O3. The number of carbonyl (C=O) groups excluding carboxylic acids is 2. The molecule has 0 spiro atoms. The highest BCUT2D eigenvalue weighted by Crippen LogP contribution is 2.22. The summed E-state index contributed by atoms with van der Waals surface area (Å²) in [6.45, 7) is 1.83. The van der Waals surface area contributed by atoms with E-state index in [1.54, 1.807) is 11.0 Å². The number of nitrogens with one attached hydrogen (secondary N) is 2. The zero-order chi connectivity index (χ0) is 13.9. The number of rotatable bonds is 3. The van der Waals surface area contributed by atoms with Gasteiger partial charge in [-0.3, -0.25) is 9.69 Å². The van der Waals surface area contributed by atoms with Gasteiger partial charge in [-0.15, -0.1) is 0 Å². The fourth-order valence-corrected chi connectivity index (χ4v) is 2.52. The molecule has 2 fully saturated rings. The number of cyclic esters (lactones) is 1. The van der Waals surface area contributed by atoms with Crippen LogP contribution in [0.3, 0.4) is 0 Å². The minimum absolute atomic E-state index is 0.0244. The molecule has 0 saturated carbocycles. The monoisotopic (exact) mass is 275 g/mol. The van der Waals surface area contributed by atoms with E-state index in [0.29, 0.717) is 18.8 Å². The summed E-state index contributed by atoms with van der Waals surface area (Å²) in [5.74, 6) is -0.0244. The molecule has 0 aliphatic carbocycles. The number of anilines is 2. The number of carbonyl (C=O) groups is 2. The van der Waals surface area contributed by atoms with Crippen LogP contribution >= 0.6 is 0 Å². The van der Waals surface area contributed by atoms with Crippen LogP contribution in [-0.4, -0.2) is 37.7 Å². The maximum atomic E-state index is 12.0. The molecule has 1 unspecified atom stereocenters. The first-order valence-corrected chi connectivity index (χ1v) is 6.83. The van der Waals surface area contributed by atoms with E-state index in [2.05, 4.69) is 10.6 Å². The molecule has 106 valence electrons. The Morgan fingerprint density at radius 2 is 2.35 bits per heavy atom. The van der Waals surface area contributed by atoms with Gasteiger partial charge in [-0.2, -0.15) is 0 Å². The third-order valence-corrected chi connectivity index (χ3v) is 3.56. The van der Waals surface area contributed by atoms with Gasteiger partial charge in [0.15, 0.2) is 0 Å². The Labute approximate surface area is 117 Å². The van der Waals surface area contributed by atoms with Crippen LogP contribution in [0.5, 0.6) is 0 Å². The molecule has 2 aliphatic rings. The van der Waals surface area contributed by atoms with Gasteiger partial charge in [-0.25, -0.2) is 4.79 Å². The average molecular weight is 275 g/mol. The van der Waals surface area contributed by atoms with Crippen LogP contribution in [0.15, 0.2) is 24.3 Å². The lowest BCUT2D eigenvalue weighted by Gasteiger charge is -2.15. The molecule has 0 bridgehead atoms. The summed E-state index contributed by atoms with van der Waals surface area (Å²) < 4.78 is 4.91. The van der Waals surface area contributed by atoms with E-state index in [0.717, 1.165) is 25.1 Å². The second-order valence-electron chi connectivity index (χ2n) is 4.95. The smallest absolute Gasteiger partial charge is 0.414 e. The molecule has 6 nitrogen and oxygen atoms in total. The van der Waals surface area contributed by atoms with Gasteiger partial charge in [-0.05, 0) is 37.6 Å². The fourth-order valence-electron chi connectivity index (χ4n) is 2.52. The van der Waals surface area contributed by atoms with Crippen molar-refractivity contribution >= 4 is 23.4 Å². The van der Waals surface area contributed by atoms with Crippen LogP contribution in [-0.2, 0) is 9.53 Å². The number of hydrogen-bond acceptors (Lipinski definition) is 4. The van der Waals surface area contributed by atoms with Crippen molar-refractivity contribution in [3.05, 3.63) is 24.3 Å². The van der Waals surface area contributed by atoms with Gasteiger partial charge in [0.05, 0.1) is 12.6 Å². The van der Waals surface area contributed by atoms with Gasteiger partial charge in [-0.1, -0.05) is 6.07 Å². The highest BCUT2D eigenvalue weighted by Gasteiger charge is 2.25. The SMILES string of the molecule is O=C(Nc1cccc(N2CCOC2=O)c1)C1CCCN1. The summed E-state index contributed by atoms with van der Waals surface area (Å²) in [4.78, 5) is 25.1. The zero-order valence-electron chi connectivity index (χ0n) is 11.1. The zero-order valence-corrected chi connectivity index (χ0v) is 11.1. The molecule has 1 aromatic carbocycles. The molecule has 1 atom stereocenters. The molecule has 2 amide bonds. The van der Waals surface area contributed by atoms with Crippen molar-refractivity contribution in [2.75, 3.05) is 29.9 Å². The van der Waals surface area contributed by atoms with Crippen molar-refractivity contribution in [3.63, 3.8) is 0 Å². The van der Waals surface area contributed by atoms with Crippen LogP contribution in [0.1, 0.15) is 12.8 Å².